The van der Waals surface area contributed by atoms with E-state index in [4.69, 9.17) is 0 Å². The molecule has 2 heteroatoms. The number of nitrogens with one attached hydrogen (secondary N) is 1. The van der Waals surface area contributed by atoms with E-state index in [0.29, 0.717) is 11.5 Å². The highest BCUT2D eigenvalue weighted by Gasteiger charge is 2.50. The lowest BCUT2D eigenvalue weighted by molar-refractivity contribution is 0.152. The van der Waals surface area contributed by atoms with Crippen LogP contribution < -0.4 is 5.32 Å². The molecule has 1 nitrogen and oxygen atoms in total. The lowest BCUT2D eigenvalue weighted by Gasteiger charge is -2.39. The van der Waals surface area contributed by atoms with Crippen LogP contribution in [0.1, 0.15) is 45.1 Å². The highest BCUT2D eigenvalue weighted by molar-refractivity contribution is 9.10. The molecule has 2 fully saturated rings. The van der Waals surface area contributed by atoms with Crippen LogP contribution in [0.2, 0.25) is 0 Å². The Morgan fingerprint density at radius 1 is 1.30 bits per heavy atom. The SMILES string of the molecule is CC(C)NCC1(Cc2ccccc2Br)CC2CCC1C2. The van der Waals surface area contributed by atoms with Crippen LogP contribution in [0.5, 0.6) is 0 Å². The third-order valence-corrected chi connectivity index (χ3v) is 6.24. The van der Waals surface area contributed by atoms with Gasteiger partial charge in [-0.15, -0.1) is 0 Å². The summed E-state index contributed by atoms with van der Waals surface area (Å²) in [7, 11) is 0. The molecule has 0 aliphatic heterocycles. The molecule has 3 atom stereocenters. The van der Waals surface area contributed by atoms with Gasteiger partial charge in [0.1, 0.15) is 0 Å². The summed E-state index contributed by atoms with van der Waals surface area (Å²) in [4.78, 5) is 0. The first-order chi connectivity index (χ1) is 9.59. The maximum absolute atomic E-state index is 3.74. The topological polar surface area (TPSA) is 12.0 Å². The van der Waals surface area contributed by atoms with Crippen molar-refractivity contribution in [1.29, 1.82) is 0 Å². The molecular formula is C18H26BrN. The van der Waals surface area contributed by atoms with E-state index in [0.717, 1.165) is 11.8 Å². The van der Waals surface area contributed by atoms with Gasteiger partial charge in [-0.25, -0.2) is 0 Å². The van der Waals surface area contributed by atoms with Gasteiger partial charge in [0.05, 0.1) is 0 Å². The maximum atomic E-state index is 3.74. The van der Waals surface area contributed by atoms with E-state index < -0.39 is 0 Å². The summed E-state index contributed by atoms with van der Waals surface area (Å²) in [6.07, 6.45) is 7.07. The van der Waals surface area contributed by atoms with E-state index >= 15 is 0 Å². The van der Waals surface area contributed by atoms with Crippen molar-refractivity contribution in [3.63, 3.8) is 0 Å². The predicted molar refractivity (Wildman–Crippen MR) is 88.9 cm³/mol. The predicted octanol–water partition coefficient (Wildman–Crippen LogP) is 4.80. The maximum Gasteiger partial charge on any atom is 0.0207 e. The van der Waals surface area contributed by atoms with Crippen LogP contribution in [0.4, 0.5) is 0 Å². The highest BCUT2D eigenvalue weighted by Crippen LogP contribution is 2.57. The van der Waals surface area contributed by atoms with Gasteiger partial charge < -0.3 is 5.32 Å². The van der Waals surface area contributed by atoms with Gasteiger partial charge in [-0.05, 0) is 54.6 Å². The average molecular weight is 336 g/mol. The summed E-state index contributed by atoms with van der Waals surface area (Å²) in [5.41, 5.74) is 1.99. The molecule has 2 saturated carbocycles. The minimum atomic E-state index is 0.497. The van der Waals surface area contributed by atoms with Crippen LogP contribution in [0.3, 0.4) is 0 Å². The van der Waals surface area contributed by atoms with Crippen LogP contribution >= 0.6 is 15.9 Å². The lowest BCUT2D eigenvalue weighted by atomic mass is 9.69. The number of benzene rings is 1. The summed E-state index contributed by atoms with van der Waals surface area (Å²) in [6, 6.07) is 9.37. The zero-order chi connectivity index (χ0) is 14.2. The molecule has 0 saturated heterocycles. The molecule has 1 N–H and O–H groups in total. The van der Waals surface area contributed by atoms with E-state index in [9.17, 15) is 0 Å². The van der Waals surface area contributed by atoms with Gasteiger partial charge in [0.15, 0.2) is 0 Å². The molecule has 0 aromatic heterocycles. The van der Waals surface area contributed by atoms with Crippen LogP contribution in [-0.4, -0.2) is 12.6 Å². The van der Waals surface area contributed by atoms with Gasteiger partial charge in [0.25, 0.3) is 0 Å². The van der Waals surface area contributed by atoms with E-state index in [1.54, 1.807) is 0 Å². The fourth-order valence-electron chi connectivity index (χ4n) is 4.48. The zero-order valence-electron chi connectivity index (χ0n) is 12.7. The molecule has 2 aliphatic carbocycles. The molecule has 0 heterocycles. The van der Waals surface area contributed by atoms with E-state index in [2.05, 4.69) is 59.4 Å². The van der Waals surface area contributed by atoms with Crippen LogP contribution in [0.25, 0.3) is 0 Å². The first-order valence-electron chi connectivity index (χ1n) is 8.06. The number of halogens is 1. The molecule has 3 unspecified atom stereocenters. The smallest absolute Gasteiger partial charge is 0.0207 e. The van der Waals surface area contributed by atoms with Crippen molar-refractivity contribution in [3.05, 3.63) is 34.3 Å². The Hall–Kier alpha value is -0.340. The standard InChI is InChI=1S/C18H26BrN/c1-13(2)20-12-18(10-14-7-8-16(18)9-14)11-15-5-3-4-6-17(15)19/h3-6,13-14,16,20H,7-12H2,1-2H3. The third kappa shape index (κ3) is 2.82. The van der Waals surface area contributed by atoms with Gasteiger partial charge in [0.2, 0.25) is 0 Å². The fraction of sp³-hybridized carbons (Fsp3) is 0.667. The highest BCUT2D eigenvalue weighted by atomic mass is 79.9. The monoisotopic (exact) mass is 335 g/mol. The van der Waals surface area contributed by atoms with Gasteiger partial charge in [-0.2, -0.15) is 0 Å². The van der Waals surface area contributed by atoms with Gasteiger partial charge in [0, 0.05) is 17.1 Å². The second-order valence-electron chi connectivity index (χ2n) is 7.25. The molecule has 110 valence electrons. The third-order valence-electron chi connectivity index (χ3n) is 5.47. The second kappa shape index (κ2) is 5.81. The molecule has 3 rings (SSSR count). The Bertz CT molecular complexity index is 470. The first kappa shape index (κ1) is 14.6. The molecule has 0 amide bonds. The van der Waals surface area contributed by atoms with Crippen LogP contribution in [0, 0.1) is 17.3 Å². The van der Waals surface area contributed by atoms with Crippen molar-refractivity contribution >= 4 is 15.9 Å². The Morgan fingerprint density at radius 2 is 2.10 bits per heavy atom. The van der Waals surface area contributed by atoms with Gasteiger partial charge in [-0.1, -0.05) is 54.4 Å². The van der Waals surface area contributed by atoms with Crippen molar-refractivity contribution < 1.29 is 0 Å². The quantitative estimate of drug-likeness (QED) is 0.815. The van der Waals surface area contributed by atoms with Crippen molar-refractivity contribution in [2.75, 3.05) is 6.54 Å². The minimum absolute atomic E-state index is 0.497. The van der Waals surface area contributed by atoms with Gasteiger partial charge >= 0.3 is 0 Å². The molecule has 0 radical (unpaired) electrons. The summed E-state index contributed by atoms with van der Waals surface area (Å²) < 4.78 is 1.28. The lowest BCUT2D eigenvalue weighted by Crippen LogP contribution is -2.42. The number of hydrogen-bond donors (Lipinski definition) is 1. The second-order valence-corrected chi connectivity index (χ2v) is 8.10. The Morgan fingerprint density at radius 3 is 2.70 bits per heavy atom. The largest absolute Gasteiger partial charge is 0.314 e. The fourth-order valence-corrected chi connectivity index (χ4v) is 4.91. The Kier molecular flexibility index (Phi) is 4.24. The summed E-state index contributed by atoms with van der Waals surface area (Å²) in [6.45, 7) is 5.71. The van der Waals surface area contributed by atoms with E-state index in [1.165, 1.54) is 48.7 Å². The van der Waals surface area contributed by atoms with Crippen molar-refractivity contribution in [3.8, 4) is 0 Å². The normalized spacial score (nSPS) is 32.2. The molecule has 1 aromatic rings. The van der Waals surface area contributed by atoms with Crippen molar-refractivity contribution in [2.45, 2.75) is 52.0 Å². The average Bonchev–Trinajstić information content (AvgIpc) is 3.00. The molecule has 20 heavy (non-hydrogen) atoms. The summed E-state index contributed by atoms with van der Waals surface area (Å²) in [5, 5.41) is 3.74. The summed E-state index contributed by atoms with van der Waals surface area (Å²) >= 11 is 3.74. The molecule has 0 spiro atoms. The number of fused-ring (bicyclic) bond motifs is 2. The van der Waals surface area contributed by atoms with Crippen LogP contribution in [-0.2, 0) is 6.42 Å². The van der Waals surface area contributed by atoms with Crippen molar-refractivity contribution in [1.82, 2.24) is 5.32 Å². The van der Waals surface area contributed by atoms with E-state index in [-0.39, 0.29) is 0 Å². The zero-order valence-corrected chi connectivity index (χ0v) is 14.2. The van der Waals surface area contributed by atoms with Crippen molar-refractivity contribution in [2.24, 2.45) is 17.3 Å². The van der Waals surface area contributed by atoms with E-state index in [1.807, 2.05) is 0 Å². The molecule has 1 aromatic carbocycles. The molecular weight excluding hydrogens is 310 g/mol. The number of hydrogen-bond acceptors (Lipinski definition) is 1. The summed E-state index contributed by atoms with van der Waals surface area (Å²) in [5.74, 6) is 1.93. The molecule has 2 bridgehead atoms. The van der Waals surface area contributed by atoms with Gasteiger partial charge in [-0.3, -0.25) is 0 Å². The Balaban J connectivity index is 1.81. The minimum Gasteiger partial charge on any atom is -0.314 e. The number of rotatable bonds is 5. The molecule has 2 aliphatic rings. The Labute approximate surface area is 131 Å². The van der Waals surface area contributed by atoms with Crippen LogP contribution in [0.15, 0.2) is 28.7 Å². The first-order valence-corrected chi connectivity index (χ1v) is 8.85.